The van der Waals surface area contributed by atoms with Crippen LogP contribution in [0.25, 0.3) is 10.8 Å². The summed E-state index contributed by atoms with van der Waals surface area (Å²) in [7, 11) is 0. The smallest absolute Gasteiger partial charge is 0.0240 e. The van der Waals surface area contributed by atoms with Crippen LogP contribution in [0, 0.1) is 5.92 Å². The minimum Gasteiger partial charge on any atom is -0.299 e. The highest BCUT2D eigenvalue weighted by Crippen LogP contribution is 2.25. The SMILES string of the molecule is ClCCC1CCN(Cc2cccc3ccccc23)C1. The first-order valence-corrected chi connectivity index (χ1v) is 7.65. The van der Waals surface area contributed by atoms with E-state index >= 15 is 0 Å². The molecule has 1 aliphatic rings. The summed E-state index contributed by atoms with van der Waals surface area (Å²) in [4.78, 5) is 2.57. The summed E-state index contributed by atoms with van der Waals surface area (Å²) in [5.41, 5.74) is 1.45. The number of likely N-dealkylation sites (tertiary alicyclic amines) is 1. The molecule has 0 saturated carbocycles. The first-order chi connectivity index (χ1) is 9.36. The minimum atomic E-state index is 0.798. The Kier molecular flexibility index (Phi) is 4.05. The molecule has 1 atom stereocenters. The van der Waals surface area contributed by atoms with Gasteiger partial charge < -0.3 is 0 Å². The van der Waals surface area contributed by atoms with Crippen LogP contribution in [0.15, 0.2) is 42.5 Å². The molecule has 0 amide bonds. The molecule has 0 radical (unpaired) electrons. The Bertz CT molecular complexity index is 546. The first-order valence-electron chi connectivity index (χ1n) is 7.12. The summed E-state index contributed by atoms with van der Waals surface area (Å²) >= 11 is 5.85. The Morgan fingerprint density at radius 1 is 1.11 bits per heavy atom. The number of benzene rings is 2. The summed E-state index contributed by atoms with van der Waals surface area (Å²) in [6, 6.07) is 15.3. The molecule has 1 aliphatic heterocycles. The summed E-state index contributed by atoms with van der Waals surface area (Å²) < 4.78 is 0. The van der Waals surface area contributed by atoms with Gasteiger partial charge >= 0.3 is 0 Å². The molecule has 1 saturated heterocycles. The van der Waals surface area contributed by atoms with Crippen molar-refractivity contribution in [1.82, 2.24) is 4.90 Å². The van der Waals surface area contributed by atoms with Crippen LogP contribution in [0.2, 0.25) is 0 Å². The normalized spacial score (nSPS) is 20.2. The van der Waals surface area contributed by atoms with Crippen LogP contribution in [0.3, 0.4) is 0 Å². The van der Waals surface area contributed by atoms with Crippen molar-refractivity contribution in [2.75, 3.05) is 19.0 Å². The van der Waals surface area contributed by atoms with Gasteiger partial charge in [-0.25, -0.2) is 0 Å². The molecule has 0 spiro atoms. The van der Waals surface area contributed by atoms with E-state index in [1.165, 1.54) is 35.8 Å². The predicted molar refractivity (Wildman–Crippen MR) is 82.7 cm³/mol. The summed E-state index contributed by atoms with van der Waals surface area (Å²) in [6.07, 6.45) is 2.46. The van der Waals surface area contributed by atoms with Crippen LogP contribution >= 0.6 is 11.6 Å². The Hall–Kier alpha value is -1.05. The average Bonchev–Trinajstić information content (AvgIpc) is 2.87. The van der Waals surface area contributed by atoms with E-state index in [2.05, 4.69) is 47.4 Å². The Labute approximate surface area is 120 Å². The molecule has 100 valence electrons. The molecule has 19 heavy (non-hydrogen) atoms. The number of fused-ring (bicyclic) bond motifs is 1. The molecule has 0 bridgehead atoms. The van der Waals surface area contributed by atoms with Gasteiger partial charge in [0.2, 0.25) is 0 Å². The highest BCUT2D eigenvalue weighted by Gasteiger charge is 2.22. The lowest BCUT2D eigenvalue weighted by Gasteiger charge is -2.17. The van der Waals surface area contributed by atoms with E-state index in [9.17, 15) is 0 Å². The second-order valence-electron chi connectivity index (χ2n) is 5.51. The maximum absolute atomic E-state index is 5.85. The summed E-state index contributed by atoms with van der Waals surface area (Å²) in [6.45, 7) is 3.49. The van der Waals surface area contributed by atoms with E-state index in [1.54, 1.807) is 0 Å². The average molecular weight is 274 g/mol. The molecule has 0 N–H and O–H groups in total. The number of rotatable bonds is 4. The molecule has 1 unspecified atom stereocenters. The van der Waals surface area contributed by atoms with Crippen molar-refractivity contribution >= 4 is 22.4 Å². The Balaban J connectivity index is 1.75. The molecule has 2 heteroatoms. The van der Waals surface area contributed by atoms with Gasteiger partial charge in [-0.1, -0.05) is 42.5 Å². The van der Waals surface area contributed by atoms with Crippen molar-refractivity contribution in [3.63, 3.8) is 0 Å². The van der Waals surface area contributed by atoms with Gasteiger partial charge in [-0.15, -0.1) is 11.6 Å². The van der Waals surface area contributed by atoms with Crippen LogP contribution in [0.1, 0.15) is 18.4 Å². The van der Waals surface area contributed by atoms with Crippen molar-refractivity contribution < 1.29 is 0 Å². The third-order valence-corrected chi connectivity index (χ3v) is 4.38. The zero-order valence-corrected chi connectivity index (χ0v) is 11.9. The van der Waals surface area contributed by atoms with Gasteiger partial charge in [0.05, 0.1) is 0 Å². The van der Waals surface area contributed by atoms with Crippen molar-refractivity contribution in [1.29, 1.82) is 0 Å². The van der Waals surface area contributed by atoms with Gasteiger partial charge in [0.1, 0.15) is 0 Å². The topological polar surface area (TPSA) is 3.24 Å². The van der Waals surface area contributed by atoms with E-state index in [0.29, 0.717) is 0 Å². The van der Waals surface area contributed by atoms with Gasteiger partial charge in [0.25, 0.3) is 0 Å². The fourth-order valence-corrected chi connectivity index (χ4v) is 3.43. The standard InChI is InChI=1S/C17H20ClN/c18-10-8-14-9-11-19(12-14)13-16-6-3-5-15-4-1-2-7-17(15)16/h1-7,14H,8-13H2. The number of halogens is 1. The summed E-state index contributed by atoms with van der Waals surface area (Å²) in [5.74, 6) is 1.60. The van der Waals surface area contributed by atoms with Crippen LogP contribution < -0.4 is 0 Å². The minimum absolute atomic E-state index is 0.798. The second-order valence-corrected chi connectivity index (χ2v) is 5.88. The molecule has 3 rings (SSSR count). The highest BCUT2D eigenvalue weighted by atomic mass is 35.5. The van der Waals surface area contributed by atoms with Crippen LogP contribution in [-0.2, 0) is 6.54 Å². The third kappa shape index (κ3) is 2.93. The number of hydrogen-bond acceptors (Lipinski definition) is 1. The van der Waals surface area contributed by atoms with Crippen molar-refractivity contribution in [3.8, 4) is 0 Å². The molecule has 0 aliphatic carbocycles. The van der Waals surface area contributed by atoms with E-state index in [1.807, 2.05) is 0 Å². The maximum Gasteiger partial charge on any atom is 0.0240 e. The largest absolute Gasteiger partial charge is 0.299 e. The van der Waals surface area contributed by atoms with Gasteiger partial charge in [-0.05, 0) is 41.6 Å². The molecular formula is C17H20ClN. The van der Waals surface area contributed by atoms with Crippen LogP contribution in [0.5, 0.6) is 0 Å². The van der Waals surface area contributed by atoms with Crippen LogP contribution in [-0.4, -0.2) is 23.9 Å². The lowest BCUT2D eigenvalue weighted by atomic mass is 10.0. The quantitative estimate of drug-likeness (QED) is 0.751. The number of hydrogen-bond donors (Lipinski definition) is 0. The summed E-state index contributed by atoms with van der Waals surface area (Å²) in [5, 5.41) is 2.74. The molecule has 1 heterocycles. The van der Waals surface area contributed by atoms with E-state index < -0.39 is 0 Å². The molecule has 2 aromatic rings. The molecule has 1 nitrogen and oxygen atoms in total. The van der Waals surface area contributed by atoms with E-state index in [0.717, 1.165) is 24.8 Å². The lowest BCUT2D eigenvalue weighted by Crippen LogP contribution is -2.20. The number of nitrogens with zero attached hydrogens (tertiary/aromatic N) is 1. The fourth-order valence-electron chi connectivity index (χ4n) is 3.12. The van der Waals surface area contributed by atoms with Crippen molar-refractivity contribution in [3.05, 3.63) is 48.0 Å². The Morgan fingerprint density at radius 3 is 2.84 bits per heavy atom. The first kappa shape index (κ1) is 13.0. The van der Waals surface area contributed by atoms with Gasteiger partial charge in [-0.2, -0.15) is 0 Å². The molecule has 1 fully saturated rings. The fraction of sp³-hybridized carbons (Fsp3) is 0.412. The van der Waals surface area contributed by atoms with E-state index in [-0.39, 0.29) is 0 Å². The highest BCUT2D eigenvalue weighted by molar-refractivity contribution is 6.17. The Morgan fingerprint density at radius 2 is 1.95 bits per heavy atom. The molecule has 0 aromatic heterocycles. The third-order valence-electron chi connectivity index (χ3n) is 4.16. The van der Waals surface area contributed by atoms with E-state index in [4.69, 9.17) is 11.6 Å². The predicted octanol–water partition coefficient (Wildman–Crippen LogP) is 4.29. The van der Waals surface area contributed by atoms with Crippen molar-refractivity contribution in [2.24, 2.45) is 5.92 Å². The second kappa shape index (κ2) is 5.94. The maximum atomic E-state index is 5.85. The number of alkyl halides is 1. The van der Waals surface area contributed by atoms with Gasteiger partial charge in [-0.3, -0.25) is 4.90 Å². The zero-order chi connectivity index (χ0) is 13.1. The van der Waals surface area contributed by atoms with Crippen molar-refractivity contribution in [2.45, 2.75) is 19.4 Å². The molecular weight excluding hydrogens is 254 g/mol. The monoisotopic (exact) mass is 273 g/mol. The van der Waals surface area contributed by atoms with Gasteiger partial charge in [0.15, 0.2) is 0 Å². The molecule has 2 aromatic carbocycles. The van der Waals surface area contributed by atoms with Gasteiger partial charge in [0, 0.05) is 19.0 Å². The lowest BCUT2D eigenvalue weighted by molar-refractivity contribution is 0.316. The zero-order valence-electron chi connectivity index (χ0n) is 11.2. The van der Waals surface area contributed by atoms with Crippen LogP contribution in [0.4, 0.5) is 0 Å².